The van der Waals surface area contributed by atoms with E-state index in [1.165, 1.54) is 16.2 Å². The number of carbonyl (C=O) groups is 1. The summed E-state index contributed by atoms with van der Waals surface area (Å²) in [5, 5.41) is 2.77. The van der Waals surface area contributed by atoms with E-state index in [1.54, 1.807) is 30.8 Å². The van der Waals surface area contributed by atoms with E-state index in [4.69, 9.17) is 0 Å². The lowest BCUT2D eigenvalue weighted by molar-refractivity contribution is 0.0965. The molecule has 4 heterocycles. The van der Waals surface area contributed by atoms with Gasteiger partial charge in [-0.15, -0.1) is 22.7 Å². The predicted molar refractivity (Wildman–Crippen MR) is 105 cm³/mol. The number of aromatic nitrogens is 3. The molecule has 0 atom stereocenters. The van der Waals surface area contributed by atoms with E-state index in [1.807, 2.05) is 5.51 Å². The molecule has 3 aromatic rings. The molecule has 1 aliphatic heterocycles. The lowest BCUT2D eigenvalue weighted by Gasteiger charge is -2.32. The molecule has 0 aliphatic carbocycles. The molecule has 1 amide bonds. The topological polar surface area (TPSA) is 71.0 Å². The molecule has 8 heteroatoms. The van der Waals surface area contributed by atoms with Gasteiger partial charge in [0.25, 0.3) is 5.91 Å². The summed E-state index contributed by atoms with van der Waals surface area (Å²) in [5.74, 6) is 0.319. The van der Waals surface area contributed by atoms with Crippen molar-refractivity contribution in [1.29, 1.82) is 0 Å². The Morgan fingerprint density at radius 3 is 2.73 bits per heavy atom. The Kier molecular flexibility index (Phi) is 4.97. The molecule has 136 valence electrons. The Morgan fingerprint density at radius 1 is 1.27 bits per heavy atom. The van der Waals surface area contributed by atoms with E-state index in [-0.39, 0.29) is 5.91 Å². The Bertz CT molecular complexity index is 927. The zero-order valence-corrected chi connectivity index (χ0v) is 16.5. The van der Waals surface area contributed by atoms with Crippen LogP contribution >= 0.6 is 22.7 Å². The minimum absolute atomic E-state index is 0.0347. The summed E-state index contributed by atoms with van der Waals surface area (Å²) in [4.78, 5) is 31.1. The molecule has 26 heavy (non-hydrogen) atoms. The van der Waals surface area contributed by atoms with Crippen molar-refractivity contribution in [3.63, 3.8) is 0 Å². The van der Waals surface area contributed by atoms with Crippen LogP contribution in [0.2, 0.25) is 0 Å². The number of likely N-dealkylation sites (tertiary alicyclic amines) is 1. The number of thiophene rings is 1. The van der Waals surface area contributed by atoms with Gasteiger partial charge in [0.05, 0.1) is 16.1 Å². The molecular formula is C18H21N5OS2. The Balaban J connectivity index is 1.55. The minimum atomic E-state index is -0.0347. The van der Waals surface area contributed by atoms with Gasteiger partial charge in [0, 0.05) is 36.4 Å². The van der Waals surface area contributed by atoms with Crippen molar-refractivity contribution < 1.29 is 4.79 Å². The van der Waals surface area contributed by atoms with Crippen molar-refractivity contribution in [3.05, 3.63) is 38.9 Å². The number of fused-ring (bicyclic) bond motifs is 1. The summed E-state index contributed by atoms with van der Waals surface area (Å²) in [6.07, 6.45) is 5.47. The van der Waals surface area contributed by atoms with Crippen LogP contribution in [-0.2, 0) is 6.54 Å². The normalized spacial score (nSPS) is 16.2. The standard InChI is InChI=1S/C18H21N5OS2/c1-11-13(25-10-22-11)9-23-7-3-12(4-8-23)14-15-18(21-6-5-20-15)26-16(14)17(24)19-2/h5-6,10,12H,3-4,7-9H2,1-2H3,(H,19,24). The Morgan fingerprint density at radius 2 is 2.04 bits per heavy atom. The average Bonchev–Trinajstić information content (AvgIpc) is 3.25. The average molecular weight is 388 g/mol. The number of thiazole rings is 1. The van der Waals surface area contributed by atoms with Crippen molar-refractivity contribution in [2.24, 2.45) is 0 Å². The number of nitrogens with zero attached hydrogens (tertiary/aromatic N) is 4. The number of rotatable bonds is 4. The van der Waals surface area contributed by atoms with Crippen LogP contribution in [0.5, 0.6) is 0 Å². The molecule has 1 fully saturated rings. The van der Waals surface area contributed by atoms with Gasteiger partial charge in [0.15, 0.2) is 0 Å². The first-order valence-corrected chi connectivity index (χ1v) is 10.4. The van der Waals surface area contributed by atoms with E-state index >= 15 is 0 Å². The molecule has 0 spiro atoms. The van der Waals surface area contributed by atoms with Crippen molar-refractivity contribution >= 4 is 38.9 Å². The van der Waals surface area contributed by atoms with Crippen LogP contribution in [0.25, 0.3) is 10.3 Å². The van der Waals surface area contributed by atoms with Crippen LogP contribution in [0.1, 0.15) is 44.6 Å². The highest BCUT2D eigenvalue weighted by Crippen LogP contribution is 2.39. The summed E-state index contributed by atoms with van der Waals surface area (Å²) in [6.45, 7) is 5.08. The van der Waals surface area contributed by atoms with Crippen LogP contribution in [0.3, 0.4) is 0 Å². The lowest BCUT2D eigenvalue weighted by atomic mass is 9.88. The first-order chi connectivity index (χ1) is 12.7. The smallest absolute Gasteiger partial charge is 0.261 e. The van der Waals surface area contributed by atoms with Gasteiger partial charge >= 0.3 is 0 Å². The van der Waals surface area contributed by atoms with Crippen molar-refractivity contribution in [3.8, 4) is 0 Å². The molecule has 0 aromatic carbocycles. The Hall–Kier alpha value is -1.90. The summed E-state index contributed by atoms with van der Waals surface area (Å²) in [6, 6.07) is 0. The molecule has 0 saturated carbocycles. The van der Waals surface area contributed by atoms with E-state index in [0.29, 0.717) is 5.92 Å². The van der Waals surface area contributed by atoms with Gasteiger partial charge in [-0.2, -0.15) is 0 Å². The highest BCUT2D eigenvalue weighted by atomic mass is 32.1. The second kappa shape index (κ2) is 7.38. The van der Waals surface area contributed by atoms with Crippen LogP contribution in [0.15, 0.2) is 17.9 Å². The first-order valence-electron chi connectivity index (χ1n) is 8.74. The molecule has 3 aromatic heterocycles. The van der Waals surface area contributed by atoms with Crippen molar-refractivity contribution in [2.75, 3.05) is 20.1 Å². The largest absolute Gasteiger partial charge is 0.354 e. The predicted octanol–water partition coefficient (Wildman–Crippen LogP) is 3.20. The molecular weight excluding hydrogens is 366 g/mol. The summed E-state index contributed by atoms with van der Waals surface area (Å²) in [5.41, 5.74) is 5.04. The molecule has 0 radical (unpaired) electrons. The number of piperidine rings is 1. The lowest BCUT2D eigenvalue weighted by Crippen LogP contribution is -2.33. The summed E-state index contributed by atoms with van der Waals surface area (Å²) >= 11 is 3.18. The fourth-order valence-corrected chi connectivity index (χ4v) is 5.52. The van der Waals surface area contributed by atoms with Crippen molar-refractivity contribution in [1.82, 2.24) is 25.2 Å². The maximum absolute atomic E-state index is 12.4. The number of nitrogens with one attached hydrogen (secondary N) is 1. The van der Waals surface area contributed by atoms with Crippen molar-refractivity contribution in [2.45, 2.75) is 32.2 Å². The molecule has 1 saturated heterocycles. The first kappa shape index (κ1) is 17.5. The van der Waals surface area contributed by atoms with Gasteiger partial charge in [0.1, 0.15) is 10.3 Å². The highest BCUT2D eigenvalue weighted by Gasteiger charge is 2.29. The van der Waals surface area contributed by atoms with Crippen LogP contribution < -0.4 is 5.32 Å². The number of aryl methyl sites for hydroxylation is 1. The van der Waals surface area contributed by atoms with Gasteiger partial charge in [0.2, 0.25) is 0 Å². The number of hydrogen-bond donors (Lipinski definition) is 1. The third-order valence-electron chi connectivity index (χ3n) is 5.00. The fraction of sp³-hybridized carbons (Fsp3) is 0.444. The van der Waals surface area contributed by atoms with Crippen LogP contribution in [-0.4, -0.2) is 45.9 Å². The quantitative estimate of drug-likeness (QED) is 0.744. The fourth-order valence-electron chi connectivity index (χ4n) is 3.57. The highest BCUT2D eigenvalue weighted by molar-refractivity contribution is 7.20. The van der Waals surface area contributed by atoms with Gasteiger partial charge in [-0.25, -0.2) is 9.97 Å². The monoisotopic (exact) mass is 387 g/mol. The maximum atomic E-state index is 12.4. The zero-order chi connectivity index (χ0) is 18.1. The van der Waals surface area contributed by atoms with E-state index in [0.717, 1.165) is 59.0 Å². The SMILES string of the molecule is CNC(=O)c1sc2nccnc2c1C1CCN(Cc2scnc2C)CC1. The summed E-state index contributed by atoms with van der Waals surface area (Å²) < 4.78 is 0. The number of hydrogen-bond acceptors (Lipinski definition) is 7. The van der Waals surface area contributed by atoms with E-state index in [2.05, 4.69) is 32.1 Å². The third kappa shape index (κ3) is 3.24. The third-order valence-corrected chi connectivity index (χ3v) is 7.03. The molecule has 0 bridgehead atoms. The summed E-state index contributed by atoms with van der Waals surface area (Å²) in [7, 11) is 1.68. The second-order valence-electron chi connectivity index (χ2n) is 6.55. The molecule has 6 nitrogen and oxygen atoms in total. The minimum Gasteiger partial charge on any atom is -0.354 e. The van der Waals surface area contributed by atoms with Crippen LogP contribution in [0.4, 0.5) is 0 Å². The van der Waals surface area contributed by atoms with E-state index < -0.39 is 0 Å². The van der Waals surface area contributed by atoms with Gasteiger partial charge in [-0.05, 0) is 38.8 Å². The number of amides is 1. The molecule has 1 N–H and O–H groups in total. The maximum Gasteiger partial charge on any atom is 0.261 e. The van der Waals surface area contributed by atoms with Crippen LogP contribution in [0, 0.1) is 6.92 Å². The number of carbonyl (C=O) groups excluding carboxylic acids is 1. The molecule has 4 rings (SSSR count). The molecule has 0 unspecified atom stereocenters. The Labute approximate surface area is 160 Å². The molecule has 1 aliphatic rings. The van der Waals surface area contributed by atoms with E-state index in [9.17, 15) is 4.79 Å². The van der Waals surface area contributed by atoms with Gasteiger partial charge < -0.3 is 5.32 Å². The van der Waals surface area contributed by atoms with Gasteiger partial charge in [-0.1, -0.05) is 0 Å². The second-order valence-corrected chi connectivity index (χ2v) is 8.48. The van der Waals surface area contributed by atoms with Gasteiger partial charge in [-0.3, -0.25) is 14.7 Å². The zero-order valence-electron chi connectivity index (χ0n) is 14.9.